The number of rotatable bonds is 10. The average molecular weight is 987 g/mol. The fraction of sp³-hybridized carbons (Fsp3) is 0.875. The molecule has 24 atom stereocenters. The zero-order valence-corrected chi connectivity index (χ0v) is 40.1. The molecule has 3 heterocycles. The topological polar surface area (TPSA) is 342 Å². The van der Waals surface area contributed by atoms with Crippen molar-refractivity contribution in [3.8, 4) is 0 Å². The monoisotopic (exact) mass is 986 g/mol. The Morgan fingerprint density at radius 2 is 1.25 bits per heavy atom. The van der Waals surface area contributed by atoms with E-state index in [4.69, 9.17) is 33.2 Å². The molecule has 8 rings (SSSR count). The minimum Gasteiger partial charge on any atom is -0.469 e. The molecule has 392 valence electrons. The van der Waals surface area contributed by atoms with Gasteiger partial charge >= 0.3 is 11.9 Å². The largest absolute Gasteiger partial charge is 0.469 e. The Bertz CT molecular complexity index is 1980. The SMILES string of the molecule is COC(=O)C1(C)CCC2(C(=O)OC3OC(CO)C(O)C(O)C3O)CCC3(C)C(=CC=C4C5(C)CC(O)C(OC6OCC(OC7OC(CO)C(O)C(O)C7O)C(O)C6O)C(C)(CO)C5CCC43C)C2C1. The van der Waals surface area contributed by atoms with Crippen molar-refractivity contribution in [3.05, 3.63) is 23.3 Å². The summed E-state index contributed by atoms with van der Waals surface area (Å²) in [5.74, 6) is -1.99. The lowest BCUT2D eigenvalue weighted by Crippen LogP contribution is -2.67. The molecule has 0 aromatic carbocycles. The van der Waals surface area contributed by atoms with E-state index in [-0.39, 0.29) is 25.2 Å². The maximum absolute atomic E-state index is 14.8. The van der Waals surface area contributed by atoms with Crippen molar-refractivity contribution < 1.29 is 104 Å². The van der Waals surface area contributed by atoms with Crippen LogP contribution in [0.3, 0.4) is 0 Å². The lowest BCUT2D eigenvalue weighted by Gasteiger charge is -2.69. The Morgan fingerprint density at radius 1 is 0.652 bits per heavy atom. The molecule has 0 spiro atoms. The first-order valence-electron chi connectivity index (χ1n) is 24.3. The van der Waals surface area contributed by atoms with E-state index < -0.39 is 175 Å². The average Bonchev–Trinajstić information content (AvgIpc) is 3.32. The summed E-state index contributed by atoms with van der Waals surface area (Å²) in [6, 6.07) is 0. The minimum atomic E-state index is -1.80. The van der Waals surface area contributed by atoms with E-state index in [0.29, 0.717) is 32.1 Å². The fourth-order valence-electron chi connectivity index (χ4n) is 14.5. The molecule has 7 fully saturated rings. The number of ether oxygens (including phenoxy) is 7. The van der Waals surface area contributed by atoms with E-state index in [1.165, 1.54) is 7.11 Å². The standard InChI is InChI=1S/C48H74O21/c1-43(41(61)63-6)11-13-48(42(62)69-40-36(60)33(57)30(54)25(18-50)66-40)14-12-46(4)21(22(48)15-43)7-8-28-44(2)16-23(52)37(45(3,20-51)27(44)9-10-47(28,46)5)68-38-34(58)31(55)26(19-64-38)67-39-35(59)32(56)29(53)24(17-49)65-39/h7-8,22-27,29-40,49-60H,9-20H2,1-6H3. The Hall–Kier alpha value is -2.26. The van der Waals surface area contributed by atoms with Gasteiger partial charge in [0.1, 0.15) is 67.1 Å². The van der Waals surface area contributed by atoms with Crippen LogP contribution in [0.25, 0.3) is 0 Å². The first-order chi connectivity index (χ1) is 32.4. The summed E-state index contributed by atoms with van der Waals surface area (Å²) in [6.45, 7) is 7.84. The predicted molar refractivity (Wildman–Crippen MR) is 233 cm³/mol. The third-order valence-corrected chi connectivity index (χ3v) is 18.9. The molecule has 3 saturated heterocycles. The van der Waals surface area contributed by atoms with Crippen molar-refractivity contribution in [1.29, 1.82) is 0 Å². The Kier molecular flexibility index (Phi) is 14.5. The maximum atomic E-state index is 14.8. The maximum Gasteiger partial charge on any atom is 0.315 e. The molecule has 4 saturated carbocycles. The van der Waals surface area contributed by atoms with Crippen LogP contribution >= 0.6 is 0 Å². The van der Waals surface area contributed by atoms with Crippen LogP contribution in [0.4, 0.5) is 0 Å². The lowest BCUT2D eigenvalue weighted by atomic mass is 9.35. The summed E-state index contributed by atoms with van der Waals surface area (Å²) in [4.78, 5) is 28.2. The molecule has 5 aliphatic carbocycles. The number of carbonyl (C=O) groups is 2. The summed E-state index contributed by atoms with van der Waals surface area (Å²) in [6.07, 6.45) is -17.9. The Morgan fingerprint density at radius 3 is 1.86 bits per heavy atom. The highest BCUT2D eigenvalue weighted by Crippen LogP contribution is 2.75. The van der Waals surface area contributed by atoms with Crippen molar-refractivity contribution in [1.82, 2.24) is 0 Å². The normalized spacial score (nSPS) is 53.0. The van der Waals surface area contributed by atoms with E-state index >= 15 is 0 Å². The molecule has 0 aromatic rings. The molecule has 69 heavy (non-hydrogen) atoms. The van der Waals surface area contributed by atoms with Gasteiger partial charge in [0.2, 0.25) is 6.29 Å². The van der Waals surface area contributed by atoms with Crippen LogP contribution in [0.2, 0.25) is 0 Å². The van der Waals surface area contributed by atoms with Gasteiger partial charge in [-0.2, -0.15) is 0 Å². The summed E-state index contributed by atoms with van der Waals surface area (Å²) in [5, 5.41) is 128. The summed E-state index contributed by atoms with van der Waals surface area (Å²) in [5.41, 5.74) is -3.29. The second-order valence-electron chi connectivity index (χ2n) is 22.5. The van der Waals surface area contributed by atoms with Crippen LogP contribution in [0, 0.1) is 44.3 Å². The first kappa shape index (κ1) is 53.0. The molecule has 3 aliphatic heterocycles. The number of hydrogen-bond acceptors (Lipinski definition) is 21. The molecule has 0 bridgehead atoms. The van der Waals surface area contributed by atoms with E-state index in [1.807, 2.05) is 19.9 Å². The van der Waals surface area contributed by atoms with E-state index in [0.717, 1.165) is 11.1 Å². The van der Waals surface area contributed by atoms with Crippen LogP contribution in [0.1, 0.15) is 86.0 Å². The zero-order valence-electron chi connectivity index (χ0n) is 40.1. The van der Waals surface area contributed by atoms with Crippen molar-refractivity contribution in [2.45, 2.75) is 184 Å². The van der Waals surface area contributed by atoms with E-state index in [9.17, 15) is 70.9 Å². The molecular weight excluding hydrogens is 913 g/mol. The molecule has 0 amide bonds. The first-order valence-corrected chi connectivity index (χ1v) is 24.3. The van der Waals surface area contributed by atoms with Crippen molar-refractivity contribution in [3.63, 3.8) is 0 Å². The van der Waals surface area contributed by atoms with Gasteiger partial charge in [-0.25, -0.2) is 0 Å². The highest BCUT2D eigenvalue weighted by molar-refractivity contribution is 5.81. The second kappa shape index (κ2) is 18.9. The van der Waals surface area contributed by atoms with Gasteiger partial charge in [-0.05, 0) is 86.4 Å². The summed E-state index contributed by atoms with van der Waals surface area (Å²) in [7, 11) is 1.33. The number of hydrogen-bond donors (Lipinski definition) is 12. The van der Waals surface area contributed by atoms with Gasteiger partial charge in [0.15, 0.2) is 12.6 Å². The Balaban J connectivity index is 1.06. The van der Waals surface area contributed by atoms with Gasteiger partial charge in [0.05, 0.1) is 56.6 Å². The van der Waals surface area contributed by atoms with Crippen LogP contribution in [-0.4, -0.2) is 205 Å². The third kappa shape index (κ3) is 8.09. The van der Waals surface area contributed by atoms with E-state index in [2.05, 4.69) is 26.8 Å². The Labute approximate surface area is 400 Å². The molecule has 24 unspecified atom stereocenters. The second-order valence-corrected chi connectivity index (χ2v) is 22.5. The van der Waals surface area contributed by atoms with Gasteiger partial charge in [-0.1, -0.05) is 51.0 Å². The van der Waals surface area contributed by atoms with Crippen molar-refractivity contribution in [2.24, 2.45) is 44.3 Å². The quantitative estimate of drug-likeness (QED) is 0.0816. The number of esters is 2. The fourth-order valence-corrected chi connectivity index (χ4v) is 14.5. The van der Waals surface area contributed by atoms with Gasteiger partial charge in [-0.15, -0.1) is 0 Å². The minimum absolute atomic E-state index is 0.173. The van der Waals surface area contributed by atoms with Gasteiger partial charge < -0.3 is 94.4 Å². The van der Waals surface area contributed by atoms with Gasteiger partial charge in [0.25, 0.3) is 0 Å². The number of fused-ring (bicyclic) bond motifs is 7. The molecule has 0 aromatic heterocycles. The summed E-state index contributed by atoms with van der Waals surface area (Å²) < 4.78 is 40.2. The number of aliphatic hydroxyl groups is 12. The molecule has 21 heteroatoms. The molecular formula is C48H74O21. The van der Waals surface area contributed by atoms with Crippen LogP contribution in [0.15, 0.2) is 23.3 Å². The highest BCUT2D eigenvalue weighted by atomic mass is 16.7. The zero-order chi connectivity index (χ0) is 50.6. The number of carbonyl (C=O) groups excluding carboxylic acids is 2. The van der Waals surface area contributed by atoms with Gasteiger partial charge in [-0.3, -0.25) is 9.59 Å². The molecule has 8 aliphatic rings. The number of methoxy groups -OCH3 is 1. The lowest BCUT2D eigenvalue weighted by molar-refractivity contribution is -0.355. The molecule has 0 radical (unpaired) electrons. The smallest absolute Gasteiger partial charge is 0.315 e. The van der Waals surface area contributed by atoms with Gasteiger partial charge in [0, 0.05) is 5.41 Å². The van der Waals surface area contributed by atoms with Crippen LogP contribution in [-0.2, 0) is 42.7 Å². The van der Waals surface area contributed by atoms with E-state index in [1.54, 1.807) is 0 Å². The van der Waals surface area contributed by atoms with Crippen LogP contribution < -0.4 is 0 Å². The molecule has 12 N–H and O–H groups in total. The highest BCUT2D eigenvalue weighted by Gasteiger charge is 2.70. The molecule has 21 nitrogen and oxygen atoms in total. The van der Waals surface area contributed by atoms with Crippen molar-refractivity contribution in [2.75, 3.05) is 33.5 Å². The van der Waals surface area contributed by atoms with Crippen LogP contribution in [0.5, 0.6) is 0 Å². The van der Waals surface area contributed by atoms with Crippen molar-refractivity contribution >= 4 is 11.9 Å². The predicted octanol–water partition coefficient (Wildman–Crippen LogP) is -2.20. The third-order valence-electron chi connectivity index (χ3n) is 18.9. The number of allylic oxidation sites excluding steroid dienone is 4. The summed E-state index contributed by atoms with van der Waals surface area (Å²) >= 11 is 0. The number of aliphatic hydroxyl groups excluding tert-OH is 12.